The van der Waals surface area contributed by atoms with Crippen molar-refractivity contribution < 1.29 is 9.47 Å². The topological polar surface area (TPSA) is 76.7 Å². The highest BCUT2D eigenvalue weighted by atomic mass is 16.5. The summed E-state index contributed by atoms with van der Waals surface area (Å²) in [6, 6.07) is 7.46. The molecule has 1 aliphatic heterocycles. The smallest absolute Gasteiger partial charge is 0.231 e. The highest BCUT2D eigenvalue weighted by Crippen LogP contribution is 2.34. The van der Waals surface area contributed by atoms with Gasteiger partial charge >= 0.3 is 0 Å². The first kappa shape index (κ1) is 17.3. The Morgan fingerprint density at radius 3 is 2.84 bits per heavy atom. The van der Waals surface area contributed by atoms with Crippen LogP contribution < -0.4 is 20.1 Å². The quantitative estimate of drug-likeness (QED) is 0.861. The molecule has 2 heterocycles. The van der Waals surface area contributed by atoms with Gasteiger partial charge < -0.3 is 25.0 Å². The normalized spacial score (nSPS) is 17.5. The van der Waals surface area contributed by atoms with Crippen LogP contribution in [0.25, 0.3) is 0 Å². The van der Waals surface area contributed by atoms with E-state index < -0.39 is 0 Å². The Balaban J connectivity index is 1.77. The predicted octanol–water partition coefficient (Wildman–Crippen LogP) is 2.17. The van der Waals surface area contributed by atoms with Crippen LogP contribution in [0.3, 0.4) is 0 Å². The summed E-state index contributed by atoms with van der Waals surface area (Å²) in [7, 11) is 5.68. The van der Waals surface area contributed by atoms with Crippen LogP contribution in [0, 0.1) is 5.92 Å². The Kier molecular flexibility index (Phi) is 5.23. The summed E-state index contributed by atoms with van der Waals surface area (Å²) in [5.41, 5.74) is 6.66. The molecule has 134 valence electrons. The summed E-state index contributed by atoms with van der Waals surface area (Å²) in [4.78, 5) is 12.7. The highest BCUT2D eigenvalue weighted by Gasteiger charge is 2.21. The third-order valence-corrected chi connectivity index (χ3v) is 4.46. The van der Waals surface area contributed by atoms with Crippen molar-refractivity contribution in [3.63, 3.8) is 0 Å². The van der Waals surface area contributed by atoms with Gasteiger partial charge in [-0.25, -0.2) is 4.98 Å². The molecule has 1 atom stereocenters. The van der Waals surface area contributed by atoms with Gasteiger partial charge in [0.1, 0.15) is 5.82 Å². The average molecular weight is 343 g/mol. The Hall–Kier alpha value is -2.54. The Labute approximate surface area is 148 Å². The Morgan fingerprint density at radius 2 is 2.16 bits per heavy atom. The van der Waals surface area contributed by atoms with Crippen LogP contribution in [0.1, 0.15) is 6.42 Å². The molecule has 7 nitrogen and oxygen atoms in total. The molecule has 0 radical (unpaired) electrons. The van der Waals surface area contributed by atoms with E-state index in [-0.39, 0.29) is 0 Å². The Morgan fingerprint density at radius 1 is 1.32 bits per heavy atom. The van der Waals surface area contributed by atoms with Gasteiger partial charge in [0.25, 0.3) is 0 Å². The maximum Gasteiger partial charge on any atom is 0.231 e. The van der Waals surface area contributed by atoms with E-state index in [4.69, 9.17) is 15.2 Å². The molecular weight excluding hydrogens is 318 g/mol. The van der Waals surface area contributed by atoms with E-state index in [1.165, 1.54) is 0 Å². The van der Waals surface area contributed by atoms with Crippen molar-refractivity contribution >= 4 is 17.5 Å². The van der Waals surface area contributed by atoms with E-state index >= 15 is 0 Å². The fraction of sp³-hybridized carbons (Fsp3) is 0.444. The molecule has 1 aliphatic rings. The lowest BCUT2D eigenvalue weighted by molar-refractivity contribution is 0.238. The number of anilines is 3. The zero-order valence-corrected chi connectivity index (χ0v) is 15.0. The monoisotopic (exact) mass is 343 g/mol. The van der Waals surface area contributed by atoms with Crippen molar-refractivity contribution in [3.8, 4) is 11.5 Å². The first-order valence-corrected chi connectivity index (χ1v) is 8.38. The molecular formula is C18H25N5O2. The van der Waals surface area contributed by atoms with Gasteiger partial charge in [-0.15, -0.1) is 0 Å². The largest absolute Gasteiger partial charge is 0.493 e. The molecule has 2 aromatic rings. The number of aromatic nitrogens is 2. The molecule has 1 fully saturated rings. The Bertz CT molecular complexity index is 724. The van der Waals surface area contributed by atoms with Crippen molar-refractivity contribution in [1.82, 2.24) is 14.9 Å². The van der Waals surface area contributed by atoms with E-state index in [1.807, 2.05) is 30.1 Å². The fourth-order valence-electron chi connectivity index (χ4n) is 3.00. The lowest BCUT2D eigenvalue weighted by Crippen LogP contribution is -2.18. The lowest BCUT2D eigenvalue weighted by Gasteiger charge is -2.20. The second-order valence-corrected chi connectivity index (χ2v) is 6.40. The van der Waals surface area contributed by atoms with Crippen molar-refractivity contribution in [2.75, 3.05) is 51.5 Å². The first-order chi connectivity index (χ1) is 12.1. The molecule has 2 N–H and O–H groups in total. The summed E-state index contributed by atoms with van der Waals surface area (Å²) in [5, 5.41) is 0. The molecule has 0 bridgehead atoms. The number of ether oxygens (including phenoxy) is 2. The number of nitrogens with two attached hydrogens (primary N) is 1. The maximum absolute atomic E-state index is 6.07. The second kappa shape index (κ2) is 7.57. The number of nitrogens with zero attached hydrogens (tertiary/aromatic N) is 4. The van der Waals surface area contributed by atoms with Gasteiger partial charge in [0.15, 0.2) is 11.5 Å². The van der Waals surface area contributed by atoms with Crippen LogP contribution in [0.5, 0.6) is 11.5 Å². The first-order valence-electron chi connectivity index (χ1n) is 8.38. The van der Waals surface area contributed by atoms with Crippen LogP contribution in [-0.4, -0.2) is 55.8 Å². The number of benzene rings is 1. The van der Waals surface area contributed by atoms with Gasteiger partial charge in [-0.2, -0.15) is 4.98 Å². The number of rotatable bonds is 6. The molecule has 1 aromatic carbocycles. The van der Waals surface area contributed by atoms with Crippen molar-refractivity contribution in [3.05, 3.63) is 30.5 Å². The van der Waals surface area contributed by atoms with Crippen LogP contribution in [0.4, 0.5) is 17.5 Å². The summed E-state index contributed by atoms with van der Waals surface area (Å²) in [5.74, 6) is 2.97. The summed E-state index contributed by atoms with van der Waals surface area (Å²) >= 11 is 0. The average Bonchev–Trinajstić information content (AvgIpc) is 3.04. The van der Waals surface area contributed by atoms with Crippen molar-refractivity contribution in [1.29, 1.82) is 0 Å². The van der Waals surface area contributed by atoms with E-state index in [9.17, 15) is 0 Å². The van der Waals surface area contributed by atoms with Crippen LogP contribution in [-0.2, 0) is 0 Å². The third-order valence-electron chi connectivity index (χ3n) is 4.46. The molecule has 0 unspecified atom stereocenters. The summed E-state index contributed by atoms with van der Waals surface area (Å²) in [6.07, 6.45) is 2.81. The van der Waals surface area contributed by atoms with Gasteiger partial charge in [0, 0.05) is 37.5 Å². The lowest BCUT2D eigenvalue weighted by atomic mass is 10.1. The maximum atomic E-state index is 6.07. The molecule has 25 heavy (non-hydrogen) atoms. The third kappa shape index (κ3) is 4.11. The van der Waals surface area contributed by atoms with E-state index in [0.717, 1.165) is 36.7 Å². The zero-order valence-electron chi connectivity index (χ0n) is 15.0. The van der Waals surface area contributed by atoms with E-state index in [2.05, 4.69) is 21.9 Å². The summed E-state index contributed by atoms with van der Waals surface area (Å²) in [6.45, 7) is 2.88. The van der Waals surface area contributed by atoms with Crippen molar-refractivity contribution in [2.24, 2.45) is 5.92 Å². The van der Waals surface area contributed by atoms with E-state index in [1.54, 1.807) is 19.4 Å². The highest BCUT2D eigenvalue weighted by molar-refractivity contribution is 5.62. The van der Waals surface area contributed by atoms with Gasteiger partial charge in [-0.3, -0.25) is 0 Å². The molecule has 0 amide bonds. The minimum absolute atomic E-state index is 0.437. The predicted molar refractivity (Wildman–Crippen MR) is 98.6 cm³/mol. The molecule has 0 aliphatic carbocycles. The molecule has 3 rings (SSSR count). The SMILES string of the molecule is COc1ccc(N(C)c2nccc(N)n2)cc1OC[C@H]1CCN(C)C1. The number of likely N-dealkylation sites (tertiary alicyclic amines) is 1. The molecule has 1 aromatic heterocycles. The van der Waals surface area contributed by atoms with Crippen molar-refractivity contribution in [2.45, 2.75) is 6.42 Å². The number of methoxy groups -OCH3 is 1. The van der Waals surface area contributed by atoms with E-state index in [0.29, 0.717) is 24.3 Å². The summed E-state index contributed by atoms with van der Waals surface area (Å²) < 4.78 is 11.5. The molecule has 7 heteroatoms. The second-order valence-electron chi connectivity index (χ2n) is 6.40. The fourth-order valence-corrected chi connectivity index (χ4v) is 3.00. The zero-order chi connectivity index (χ0) is 17.8. The molecule has 0 spiro atoms. The van der Waals surface area contributed by atoms with Crippen LogP contribution >= 0.6 is 0 Å². The number of hydrogen-bond acceptors (Lipinski definition) is 7. The van der Waals surface area contributed by atoms with Crippen LogP contribution in [0.15, 0.2) is 30.5 Å². The van der Waals surface area contributed by atoms with Crippen LogP contribution in [0.2, 0.25) is 0 Å². The minimum atomic E-state index is 0.437. The molecule has 1 saturated heterocycles. The number of hydrogen-bond donors (Lipinski definition) is 1. The van der Waals surface area contributed by atoms with Gasteiger partial charge in [-0.05, 0) is 38.2 Å². The van der Waals surface area contributed by atoms with Gasteiger partial charge in [0.2, 0.25) is 5.95 Å². The number of nitrogen functional groups attached to an aromatic ring is 1. The van der Waals surface area contributed by atoms with Gasteiger partial charge in [-0.1, -0.05) is 0 Å². The molecule has 0 saturated carbocycles. The minimum Gasteiger partial charge on any atom is -0.493 e. The van der Waals surface area contributed by atoms with Gasteiger partial charge in [0.05, 0.1) is 13.7 Å². The standard InChI is InChI=1S/C18H25N5O2/c1-22-9-7-13(11-22)12-25-16-10-14(4-5-15(16)24-3)23(2)18-20-8-6-17(19)21-18/h4-6,8,10,13H,7,9,11-12H2,1-3H3,(H2,19,20,21)/t13-/m0/s1.